The van der Waals surface area contributed by atoms with Gasteiger partial charge in [0.05, 0.1) is 12.2 Å². The number of amides is 2. The SMILES string of the molecule is CC(C)c1ncc2c(n1)CN(C(=O)NC1CC3CC3C1)CC2. The Morgan fingerprint density at radius 2 is 2.09 bits per heavy atom. The highest BCUT2D eigenvalue weighted by Gasteiger charge is 2.46. The molecule has 1 aromatic heterocycles. The van der Waals surface area contributed by atoms with E-state index in [0.717, 1.165) is 36.3 Å². The van der Waals surface area contributed by atoms with Crippen LogP contribution >= 0.6 is 0 Å². The number of carbonyl (C=O) groups is 1. The molecule has 2 fully saturated rings. The predicted molar refractivity (Wildman–Crippen MR) is 83.4 cm³/mol. The number of carbonyl (C=O) groups excluding carboxylic acids is 1. The van der Waals surface area contributed by atoms with Crippen LogP contribution in [0.1, 0.15) is 56.1 Å². The summed E-state index contributed by atoms with van der Waals surface area (Å²) in [6.45, 7) is 5.58. The van der Waals surface area contributed by atoms with Gasteiger partial charge in [-0.1, -0.05) is 13.8 Å². The molecule has 5 heteroatoms. The summed E-state index contributed by atoms with van der Waals surface area (Å²) in [6, 6.07) is 0.482. The number of hydrogen-bond acceptors (Lipinski definition) is 3. The quantitative estimate of drug-likeness (QED) is 0.913. The Kier molecular flexibility index (Phi) is 3.31. The normalized spacial score (nSPS) is 29.2. The van der Waals surface area contributed by atoms with E-state index in [9.17, 15) is 4.79 Å². The molecule has 2 saturated carbocycles. The van der Waals surface area contributed by atoms with Crippen LogP contribution in [0.2, 0.25) is 0 Å². The van der Waals surface area contributed by atoms with E-state index in [1.54, 1.807) is 0 Å². The van der Waals surface area contributed by atoms with Crippen molar-refractivity contribution < 1.29 is 4.79 Å². The Balaban J connectivity index is 1.41. The molecule has 118 valence electrons. The van der Waals surface area contributed by atoms with Gasteiger partial charge in [-0.2, -0.15) is 0 Å². The van der Waals surface area contributed by atoms with Crippen molar-refractivity contribution in [1.29, 1.82) is 0 Å². The second kappa shape index (κ2) is 5.21. The summed E-state index contributed by atoms with van der Waals surface area (Å²) in [7, 11) is 0. The van der Waals surface area contributed by atoms with Gasteiger partial charge in [0, 0.05) is 24.7 Å². The lowest BCUT2D eigenvalue weighted by molar-refractivity contribution is 0.186. The van der Waals surface area contributed by atoms with Crippen LogP contribution in [0, 0.1) is 11.8 Å². The summed E-state index contributed by atoms with van der Waals surface area (Å²) in [4.78, 5) is 23.5. The summed E-state index contributed by atoms with van der Waals surface area (Å²) in [5.41, 5.74) is 2.21. The molecular formula is C17H24N4O. The third-order valence-corrected chi connectivity index (χ3v) is 5.34. The van der Waals surface area contributed by atoms with Crippen LogP contribution in [0.5, 0.6) is 0 Å². The lowest BCUT2D eigenvalue weighted by Gasteiger charge is -2.30. The topological polar surface area (TPSA) is 58.1 Å². The van der Waals surface area contributed by atoms with Crippen molar-refractivity contribution in [3.05, 3.63) is 23.3 Å². The van der Waals surface area contributed by atoms with Gasteiger partial charge >= 0.3 is 6.03 Å². The van der Waals surface area contributed by atoms with Crippen molar-refractivity contribution in [3.63, 3.8) is 0 Å². The molecule has 5 nitrogen and oxygen atoms in total. The molecule has 1 N–H and O–H groups in total. The molecule has 0 saturated heterocycles. The maximum absolute atomic E-state index is 12.5. The van der Waals surface area contributed by atoms with Gasteiger partial charge in [0.15, 0.2) is 0 Å². The van der Waals surface area contributed by atoms with Crippen molar-refractivity contribution in [2.75, 3.05) is 6.54 Å². The van der Waals surface area contributed by atoms with Crippen LogP contribution in [0.3, 0.4) is 0 Å². The Labute approximate surface area is 131 Å². The van der Waals surface area contributed by atoms with Crippen LogP contribution in [0.25, 0.3) is 0 Å². The number of hydrogen-bond donors (Lipinski definition) is 1. The molecule has 4 rings (SSSR count). The fourth-order valence-corrected chi connectivity index (χ4v) is 3.87. The lowest BCUT2D eigenvalue weighted by Crippen LogP contribution is -2.46. The molecule has 22 heavy (non-hydrogen) atoms. The van der Waals surface area contributed by atoms with E-state index in [1.807, 2.05) is 11.1 Å². The molecule has 1 aromatic rings. The van der Waals surface area contributed by atoms with Crippen molar-refractivity contribution >= 4 is 6.03 Å². The maximum Gasteiger partial charge on any atom is 0.317 e. The Bertz CT molecular complexity index is 590. The fraction of sp³-hybridized carbons (Fsp3) is 0.706. The average molecular weight is 300 g/mol. The highest BCUT2D eigenvalue weighted by Crippen LogP contribution is 2.51. The second-order valence-electron chi connectivity index (χ2n) is 7.40. The van der Waals surface area contributed by atoms with Gasteiger partial charge in [-0.05, 0) is 43.1 Å². The van der Waals surface area contributed by atoms with E-state index >= 15 is 0 Å². The van der Waals surface area contributed by atoms with E-state index in [-0.39, 0.29) is 6.03 Å². The largest absolute Gasteiger partial charge is 0.335 e. The van der Waals surface area contributed by atoms with Gasteiger partial charge in [-0.25, -0.2) is 14.8 Å². The molecule has 0 aromatic carbocycles. The third-order valence-electron chi connectivity index (χ3n) is 5.34. The summed E-state index contributed by atoms with van der Waals surface area (Å²) >= 11 is 0. The Morgan fingerprint density at radius 1 is 1.32 bits per heavy atom. The molecule has 0 radical (unpaired) electrons. The fourth-order valence-electron chi connectivity index (χ4n) is 3.87. The molecule has 0 bridgehead atoms. The summed E-state index contributed by atoms with van der Waals surface area (Å²) < 4.78 is 0. The number of rotatable bonds is 2. The minimum Gasteiger partial charge on any atom is -0.335 e. The molecule has 3 aliphatic rings. The molecule has 2 amide bonds. The first-order valence-corrected chi connectivity index (χ1v) is 8.50. The Morgan fingerprint density at radius 3 is 2.82 bits per heavy atom. The highest BCUT2D eigenvalue weighted by atomic mass is 16.2. The van der Waals surface area contributed by atoms with Gasteiger partial charge in [-0.15, -0.1) is 0 Å². The number of fused-ring (bicyclic) bond motifs is 2. The number of nitrogens with one attached hydrogen (secondary N) is 1. The van der Waals surface area contributed by atoms with E-state index in [0.29, 0.717) is 18.5 Å². The van der Waals surface area contributed by atoms with E-state index in [2.05, 4.69) is 29.1 Å². The van der Waals surface area contributed by atoms with Crippen LogP contribution < -0.4 is 5.32 Å². The third kappa shape index (κ3) is 2.57. The monoisotopic (exact) mass is 300 g/mol. The molecule has 1 aliphatic heterocycles. The van der Waals surface area contributed by atoms with Gasteiger partial charge < -0.3 is 10.2 Å². The standard InChI is InChI=1S/C17H24N4O/c1-10(2)16-18-8-11-3-4-21(9-15(11)20-16)17(22)19-14-6-12-5-13(12)7-14/h8,10,12-14H,3-7,9H2,1-2H3,(H,19,22). The van der Waals surface area contributed by atoms with Gasteiger partial charge in [0.2, 0.25) is 0 Å². The van der Waals surface area contributed by atoms with E-state index in [4.69, 9.17) is 0 Å². The lowest BCUT2D eigenvalue weighted by atomic mass is 10.1. The molecule has 2 unspecified atom stereocenters. The maximum atomic E-state index is 12.5. The number of urea groups is 1. The van der Waals surface area contributed by atoms with Crippen molar-refractivity contribution in [2.24, 2.45) is 11.8 Å². The first-order chi connectivity index (χ1) is 10.6. The first-order valence-electron chi connectivity index (χ1n) is 8.50. The number of nitrogens with zero attached hydrogens (tertiary/aromatic N) is 3. The minimum absolute atomic E-state index is 0.0849. The highest BCUT2D eigenvalue weighted by molar-refractivity contribution is 5.75. The smallest absolute Gasteiger partial charge is 0.317 e. The molecule has 2 atom stereocenters. The number of aromatic nitrogens is 2. The van der Waals surface area contributed by atoms with Crippen LogP contribution in [-0.2, 0) is 13.0 Å². The van der Waals surface area contributed by atoms with Gasteiger partial charge in [0.25, 0.3) is 0 Å². The van der Waals surface area contributed by atoms with E-state index in [1.165, 1.54) is 24.8 Å². The summed E-state index contributed by atoms with van der Waals surface area (Å²) in [5.74, 6) is 2.99. The first kappa shape index (κ1) is 14.0. The minimum atomic E-state index is 0.0849. The van der Waals surface area contributed by atoms with Gasteiger partial charge in [0.1, 0.15) is 5.82 Å². The van der Waals surface area contributed by atoms with Crippen LogP contribution in [0.4, 0.5) is 4.79 Å². The molecular weight excluding hydrogens is 276 g/mol. The zero-order chi connectivity index (χ0) is 15.3. The van der Waals surface area contributed by atoms with Gasteiger partial charge in [-0.3, -0.25) is 0 Å². The summed E-state index contributed by atoms with van der Waals surface area (Å²) in [6.07, 6.45) is 6.55. The predicted octanol–water partition coefficient (Wildman–Crippen LogP) is 2.47. The summed E-state index contributed by atoms with van der Waals surface area (Å²) in [5, 5.41) is 3.22. The van der Waals surface area contributed by atoms with Crippen molar-refractivity contribution in [2.45, 2.75) is 58.0 Å². The molecule has 2 aliphatic carbocycles. The molecule has 0 spiro atoms. The average Bonchev–Trinajstić information content (AvgIpc) is 3.12. The zero-order valence-electron chi connectivity index (χ0n) is 13.4. The second-order valence-corrected chi connectivity index (χ2v) is 7.40. The van der Waals surface area contributed by atoms with Crippen molar-refractivity contribution in [3.8, 4) is 0 Å². The van der Waals surface area contributed by atoms with Crippen LogP contribution in [0.15, 0.2) is 6.20 Å². The van der Waals surface area contributed by atoms with E-state index < -0.39 is 0 Å². The zero-order valence-corrected chi connectivity index (χ0v) is 13.4. The van der Waals surface area contributed by atoms with Crippen molar-refractivity contribution in [1.82, 2.24) is 20.2 Å². The molecule has 2 heterocycles. The van der Waals surface area contributed by atoms with Crippen LogP contribution in [-0.4, -0.2) is 33.5 Å². The Hall–Kier alpha value is -1.65.